The first-order valence-corrected chi connectivity index (χ1v) is 3.82. The number of amides is 1. The number of hydrogen-bond donors (Lipinski definition) is 2. The largest absolute Gasteiger partial charge is 0.370 e. The Kier molecular flexibility index (Phi) is 7.03. The van der Waals surface area contributed by atoms with Crippen molar-refractivity contribution in [3.8, 4) is 0 Å². The summed E-state index contributed by atoms with van der Waals surface area (Å²) in [6.45, 7) is 1.13. The van der Waals surface area contributed by atoms with Crippen molar-refractivity contribution in [3.05, 3.63) is 0 Å². The minimum atomic E-state index is -0.289. The lowest BCUT2D eigenvalue weighted by Gasteiger charge is -2.00. The molecule has 3 nitrogen and oxygen atoms in total. The molecule has 0 saturated heterocycles. The highest BCUT2D eigenvalue weighted by molar-refractivity contribution is 5.73. The summed E-state index contributed by atoms with van der Waals surface area (Å²) in [6.07, 6.45) is 1.68. The summed E-state index contributed by atoms with van der Waals surface area (Å²) in [7, 11) is 0. The number of carbonyl (C=O) groups is 1. The minimum Gasteiger partial charge on any atom is -0.370 e. The normalized spacial score (nSPS) is 9.91. The van der Waals surface area contributed by atoms with Crippen LogP contribution in [0.3, 0.4) is 0 Å². The van der Waals surface area contributed by atoms with Crippen LogP contribution in [0.2, 0.25) is 0 Å². The lowest BCUT2D eigenvalue weighted by atomic mass is 10.3. The Morgan fingerprint density at radius 2 is 2.00 bits per heavy atom. The predicted molar refractivity (Wildman–Crippen MR) is 41.9 cm³/mol. The van der Waals surface area contributed by atoms with Gasteiger partial charge in [-0.1, -0.05) is 0 Å². The van der Waals surface area contributed by atoms with E-state index < -0.39 is 0 Å². The molecule has 3 N–H and O–H groups in total. The SMILES string of the molecule is NC(=O)CCCNCCCF. The number of nitrogens with one attached hydrogen (secondary N) is 1. The molecule has 4 heteroatoms. The smallest absolute Gasteiger partial charge is 0.217 e. The molecule has 0 aromatic carbocycles. The molecule has 0 saturated carbocycles. The maximum absolute atomic E-state index is 11.5. The van der Waals surface area contributed by atoms with Crippen LogP contribution in [-0.2, 0) is 4.79 Å². The second-order valence-electron chi connectivity index (χ2n) is 2.36. The van der Waals surface area contributed by atoms with Gasteiger partial charge in [-0.05, 0) is 25.9 Å². The van der Waals surface area contributed by atoms with Crippen molar-refractivity contribution in [2.75, 3.05) is 19.8 Å². The van der Waals surface area contributed by atoms with Crippen molar-refractivity contribution in [1.82, 2.24) is 5.32 Å². The van der Waals surface area contributed by atoms with E-state index in [-0.39, 0.29) is 12.6 Å². The molecule has 1 amide bonds. The first-order chi connectivity index (χ1) is 5.27. The molecule has 0 aliphatic heterocycles. The van der Waals surface area contributed by atoms with Crippen molar-refractivity contribution in [3.63, 3.8) is 0 Å². The average molecular weight is 162 g/mol. The van der Waals surface area contributed by atoms with E-state index >= 15 is 0 Å². The zero-order valence-corrected chi connectivity index (χ0v) is 6.61. The van der Waals surface area contributed by atoms with E-state index in [0.29, 0.717) is 19.4 Å². The lowest BCUT2D eigenvalue weighted by Crippen LogP contribution is -2.19. The second kappa shape index (κ2) is 7.47. The molecule has 0 heterocycles. The minimum absolute atomic E-state index is 0.280. The van der Waals surface area contributed by atoms with Crippen LogP contribution in [0.1, 0.15) is 19.3 Å². The molecule has 0 fully saturated rings. The summed E-state index contributed by atoms with van der Waals surface area (Å²) >= 11 is 0. The molecule has 0 aromatic heterocycles. The highest BCUT2D eigenvalue weighted by Crippen LogP contribution is 1.84. The molecule has 66 valence electrons. The van der Waals surface area contributed by atoms with E-state index in [4.69, 9.17) is 5.73 Å². The molecule has 0 bridgehead atoms. The quantitative estimate of drug-likeness (QED) is 0.525. The van der Waals surface area contributed by atoms with Crippen LogP contribution < -0.4 is 11.1 Å². The van der Waals surface area contributed by atoms with Gasteiger partial charge in [-0.25, -0.2) is 0 Å². The monoisotopic (exact) mass is 162 g/mol. The number of nitrogens with two attached hydrogens (primary N) is 1. The van der Waals surface area contributed by atoms with Crippen LogP contribution in [0.4, 0.5) is 4.39 Å². The first-order valence-electron chi connectivity index (χ1n) is 3.82. The van der Waals surface area contributed by atoms with Gasteiger partial charge in [-0.2, -0.15) is 0 Å². The van der Waals surface area contributed by atoms with Crippen molar-refractivity contribution < 1.29 is 9.18 Å². The standard InChI is InChI=1S/C7H15FN2O/c8-4-2-6-10-5-1-3-7(9)11/h10H,1-6H2,(H2,9,11). The number of primary amides is 1. The Bertz CT molecular complexity index is 109. The summed E-state index contributed by atoms with van der Waals surface area (Å²) in [6, 6.07) is 0. The van der Waals surface area contributed by atoms with Gasteiger partial charge in [-0.15, -0.1) is 0 Å². The van der Waals surface area contributed by atoms with Gasteiger partial charge in [0.05, 0.1) is 6.67 Å². The van der Waals surface area contributed by atoms with Gasteiger partial charge in [0.2, 0.25) is 5.91 Å². The zero-order valence-electron chi connectivity index (χ0n) is 6.61. The summed E-state index contributed by atoms with van der Waals surface area (Å²) in [5.41, 5.74) is 4.91. The van der Waals surface area contributed by atoms with Gasteiger partial charge in [0, 0.05) is 6.42 Å². The fraction of sp³-hybridized carbons (Fsp3) is 0.857. The van der Waals surface area contributed by atoms with Crippen molar-refractivity contribution in [1.29, 1.82) is 0 Å². The summed E-state index contributed by atoms with van der Waals surface area (Å²) in [4.78, 5) is 10.2. The predicted octanol–water partition coefficient (Wildman–Crippen LogP) is 0.201. The average Bonchev–Trinajstić information content (AvgIpc) is 1.96. The van der Waals surface area contributed by atoms with Crippen LogP contribution in [-0.4, -0.2) is 25.7 Å². The van der Waals surface area contributed by atoms with Crippen molar-refractivity contribution in [2.24, 2.45) is 5.73 Å². The fourth-order valence-electron chi connectivity index (χ4n) is 0.704. The number of carbonyl (C=O) groups excluding carboxylic acids is 1. The Balaban J connectivity index is 2.85. The molecule has 0 aliphatic rings. The highest BCUT2D eigenvalue weighted by Gasteiger charge is 1.92. The topological polar surface area (TPSA) is 55.1 Å². The molecule has 0 rings (SSSR count). The maximum atomic E-state index is 11.5. The zero-order chi connectivity index (χ0) is 8.53. The molecule has 0 radical (unpaired) electrons. The maximum Gasteiger partial charge on any atom is 0.217 e. The molecule has 0 aliphatic carbocycles. The number of hydrogen-bond acceptors (Lipinski definition) is 2. The Morgan fingerprint density at radius 1 is 1.36 bits per heavy atom. The van der Waals surface area contributed by atoms with Crippen LogP contribution in [0, 0.1) is 0 Å². The molecule has 0 atom stereocenters. The Morgan fingerprint density at radius 3 is 2.55 bits per heavy atom. The fourth-order valence-corrected chi connectivity index (χ4v) is 0.704. The van der Waals surface area contributed by atoms with Gasteiger partial charge >= 0.3 is 0 Å². The Labute approximate surface area is 66.1 Å². The molecule has 0 aromatic rings. The van der Waals surface area contributed by atoms with E-state index in [1.165, 1.54) is 0 Å². The third-order valence-corrected chi connectivity index (χ3v) is 1.26. The van der Waals surface area contributed by atoms with Crippen molar-refractivity contribution >= 4 is 5.91 Å². The van der Waals surface area contributed by atoms with Gasteiger partial charge in [0.15, 0.2) is 0 Å². The molecule has 0 unspecified atom stereocenters. The van der Waals surface area contributed by atoms with Crippen molar-refractivity contribution in [2.45, 2.75) is 19.3 Å². The van der Waals surface area contributed by atoms with Gasteiger partial charge in [0.25, 0.3) is 0 Å². The number of alkyl halides is 1. The van der Waals surface area contributed by atoms with Gasteiger partial charge < -0.3 is 11.1 Å². The highest BCUT2D eigenvalue weighted by atomic mass is 19.1. The number of rotatable bonds is 7. The van der Waals surface area contributed by atoms with E-state index in [9.17, 15) is 9.18 Å². The molecular formula is C7H15FN2O. The Hall–Kier alpha value is -0.640. The van der Waals surface area contributed by atoms with E-state index in [0.717, 1.165) is 13.0 Å². The third-order valence-electron chi connectivity index (χ3n) is 1.26. The molecule has 11 heavy (non-hydrogen) atoms. The van der Waals surface area contributed by atoms with E-state index in [1.807, 2.05) is 0 Å². The molecule has 0 spiro atoms. The van der Waals surface area contributed by atoms with Crippen LogP contribution in [0.5, 0.6) is 0 Å². The summed E-state index contributed by atoms with van der Waals surface area (Å²) in [5.74, 6) is -0.280. The van der Waals surface area contributed by atoms with E-state index in [2.05, 4.69) is 5.32 Å². The third kappa shape index (κ3) is 9.36. The lowest BCUT2D eigenvalue weighted by molar-refractivity contribution is -0.118. The molecular weight excluding hydrogens is 147 g/mol. The van der Waals surface area contributed by atoms with E-state index in [1.54, 1.807) is 0 Å². The summed E-state index contributed by atoms with van der Waals surface area (Å²) in [5, 5.41) is 2.99. The van der Waals surface area contributed by atoms with Crippen LogP contribution in [0.25, 0.3) is 0 Å². The first kappa shape index (κ1) is 10.4. The van der Waals surface area contributed by atoms with Gasteiger partial charge in [0.1, 0.15) is 0 Å². The second-order valence-corrected chi connectivity index (χ2v) is 2.36. The van der Waals surface area contributed by atoms with Gasteiger partial charge in [-0.3, -0.25) is 9.18 Å². The van der Waals surface area contributed by atoms with Crippen LogP contribution >= 0.6 is 0 Å². The summed E-state index contributed by atoms with van der Waals surface area (Å²) < 4.78 is 11.5. The van der Waals surface area contributed by atoms with Crippen LogP contribution in [0.15, 0.2) is 0 Å². The number of halogens is 1.